The Morgan fingerprint density at radius 3 is 2.67 bits per heavy atom. The van der Waals surface area contributed by atoms with Gasteiger partial charge in [0.15, 0.2) is 6.23 Å². The predicted molar refractivity (Wildman–Crippen MR) is 59.6 cm³/mol. The molecule has 3 nitrogen and oxygen atoms in total. The number of ether oxygens (including phenoxy) is 1. The molecule has 0 saturated carbocycles. The van der Waals surface area contributed by atoms with Gasteiger partial charge >= 0.3 is 0 Å². The van der Waals surface area contributed by atoms with E-state index in [9.17, 15) is 4.79 Å². The lowest BCUT2D eigenvalue weighted by molar-refractivity contribution is -0.123. The van der Waals surface area contributed by atoms with Gasteiger partial charge in [-0.3, -0.25) is 4.79 Å². The summed E-state index contributed by atoms with van der Waals surface area (Å²) in [7, 11) is 0. The number of amides is 1. The summed E-state index contributed by atoms with van der Waals surface area (Å²) in [5.74, 6) is 0.794. The molecule has 1 atom stereocenters. The van der Waals surface area contributed by atoms with Crippen LogP contribution < -0.4 is 10.1 Å². The predicted octanol–water partition coefficient (Wildman–Crippen LogP) is 2.33. The Balaban J connectivity index is 2.36. The Hall–Kier alpha value is -1.51. The van der Waals surface area contributed by atoms with E-state index in [0.717, 1.165) is 12.2 Å². The number of nitrogens with one attached hydrogen (secondary N) is 1. The zero-order chi connectivity index (χ0) is 11.1. The molecule has 1 aromatic rings. The van der Waals surface area contributed by atoms with E-state index in [1.165, 1.54) is 0 Å². The molecule has 1 N–H and O–H groups in total. The summed E-state index contributed by atoms with van der Waals surface area (Å²) >= 11 is 0. The molecule has 0 bridgehead atoms. The van der Waals surface area contributed by atoms with Crippen LogP contribution in [-0.4, -0.2) is 12.1 Å². The summed E-state index contributed by atoms with van der Waals surface area (Å²) in [5.41, 5.74) is 0. The number of carbonyl (C=O) groups excluding carboxylic acids is 1. The topological polar surface area (TPSA) is 38.3 Å². The second-order valence-corrected chi connectivity index (χ2v) is 3.39. The van der Waals surface area contributed by atoms with Crippen molar-refractivity contribution in [2.24, 2.45) is 0 Å². The normalized spacial score (nSPS) is 11.9. The fraction of sp³-hybridized carbons (Fsp3) is 0.417. The number of para-hydroxylation sites is 1. The van der Waals surface area contributed by atoms with Crippen molar-refractivity contribution in [3.8, 4) is 5.75 Å². The molecular formula is C12H17NO2. The van der Waals surface area contributed by atoms with Gasteiger partial charge in [0.2, 0.25) is 5.91 Å². The maximum absolute atomic E-state index is 11.3. The number of hydrogen-bond donors (Lipinski definition) is 1. The second kappa shape index (κ2) is 6.06. The Kier molecular flexibility index (Phi) is 4.68. The average molecular weight is 207 g/mol. The molecule has 0 radical (unpaired) electrons. The first kappa shape index (κ1) is 11.6. The van der Waals surface area contributed by atoms with Crippen LogP contribution >= 0.6 is 0 Å². The molecule has 1 amide bonds. The monoisotopic (exact) mass is 207 g/mol. The van der Waals surface area contributed by atoms with Crippen molar-refractivity contribution in [1.29, 1.82) is 0 Å². The van der Waals surface area contributed by atoms with Crippen molar-refractivity contribution < 1.29 is 9.53 Å². The smallest absolute Gasteiger partial charge is 0.222 e. The van der Waals surface area contributed by atoms with E-state index in [4.69, 9.17) is 4.74 Å². The van der Waals surface area contributed by atoms with Crippen molar-refractivity contribution in [3.63, 3.8) is 0 Å². The number of carbonyl (C=O) groups is 1. The van der Waals surface area contributed by atoms with Crippen LogP contribution in [0.4, 0.5) is 0 Å². The molecule has 1 aromatic carbocycles. The van der Waals surface area contributed by atoms with Crippen LogP contribution in [0, 0.1) is 0 Å². The van der Waals surface area contributed by atoms with Gasteiger partial charge in [-0.2, -0.15) is 0 Å². The number of hydrogen-bond acceptors (Lipinski definition) is 2. The maximum Gasteiger partial charge on any atom is 0.222 e. The Bertz CT molecular complexity index is 298. The first-order chi connectivity index (χ1) is 7.22. The molecule has 0 aliphatic carbocycles. The summed E-state index contributed by atoms with van der Waals surface area (Å²) in [4.78, 5) is 11.3. The third kappa shape index (κ3) is 4.49. The summed E-state index contributed by atoms with van der Waals surface area (Å²) in [5, 5.41) is 2.77. The van der Waals surface area contributed by atoms with Gasteiger partial charge in [0, 0.05) is 6.42 Å². The van der Waals surface area contributed by atoms with Crippen LogP contribution in [0.15, 0.2) is 30.3 Å². The van der Waals surface area contributed by atoms with Crippen molar-refractivity contribution in [1.82, 2.24) is 5.32 Å². The van der Waals surface area contributed by atoms with E-state index < -0.39 is 0 Å². The van der Waals surface area contributed by atoms with Gasteiger partial charge in [0.1, 0.15) is 5.75 Å². The summed E-state index contributed by atoms with van der Waals surface area (Å²) in [6.07, 6.45) is 1.11. The van der Waals surface area contributed by atoms with Crippen molar-refractivity contribution in [3.05, 3.63) is 30.3 Å². The molecule has 0 aliphatic heterocycles. The molecule has 1 unspecified atom stereocenters. The molecule has 1 rings (SSSR count). The Labute approximate surface area is 90.4 Å². The highest BCUT2D eigenvalue weighted by Gasteiger charge is 2.06. The van der Waals surface area contributed by atoms with Gasteiger partial charge in [-0.25, -0.2) is 0 Å². The van der Waals surface area contributed by atoms with Crippen molar-refractivity contribution in [2.45, 2.75) is 32.9 Å². The first-order valence-electron chi connectivity index (χ1n) is 5.23. The molecular weight excluding hydrogens is 190 g/mol. The van der Waals surface area contributed by atoms with Gasteiger partial charge < -0.3 is 10.1 Å². The molecule has 0 heterocycles. The molecule has 15 heavy (non-hydrogen) atoms. The quantitative estimate of drug-likeness (QED) is 0.752. The van der Waals surface area contributed by atoms with Crippen LogP contribution in [0.3, 0.4) is 0 Å². The first-order valence-corrected chi connectivity index (χ1v) is 5.23. The van der Waals surface area contributed by atoms with E-state index in [-0.39, 0.29) is 12.1 Å². The molecule has 0 fully saturated rings. The van der Waals surface area contributed by atoms with Gasteiger partial charge in [-0.15, -0.1) is 0 Å². The lowest BCUT2D eigenvalue weighted by Crippen LogP contribution is -2.36. The highest BCUT2D eigenvalue weighted by molar-refractivity contribution is 5.75. The van der Waals surface area contributed by atoms with Crippen LogP contribution in [-0.2, 0) is 4.79 Å². The largest absolute Gasteiger partial charge is 0.471 e. The van der Waals surface area contributed by atoms with E-state index >= 15 is 0 Å². The van der Waals surface area contributed by atoms with E-state index in [0.29, 0.717) is 6.42 Å². The van der Waals surface area contributed by atoms with Gasteiger partial charge in [0.25, 0.3) is 0 Å². The fourth-order valence-corrected chi connectivity index (χ4v) is 1.26. The summed E-state index contributed by atoms with van der Waals surface area (Å²) < 4.78 is 5.50. The molecule has 0 spiro atoms. The minimum Gasteiger partial charge on any atom is -0.471 e. The lowest BCUT2D eigenvalue weighted by atomic mass is 10.3. The molecule has 0 aliphatic rings. The van der Waals surface area contributed by atoms with E-state index in [1.54, 1.807) is 0 Å². The van der Waals surface area contributed by atoms with Crippen LogP contribution in [0.2, 0.25) is 0 Å². The number of rotatable bonds is 5. The molecule has 0 saturated heterocycles. The van der Waals surface area contributed by atoms with E-state index in [1.807, 2.05) is 44.2 Å². The maximum atomic E-state index is 11.3. The van der Waals surface area contributed by atoms with Crippen molar-refractivity contribution >= 4 is 5.91 Å². The Morgan fingerprint density at radius 1 is 1.40 bits per heavy atom. The zero-order valence-corrected chi connectivity index (χ0v) is 9.19. The minimum atomic E-state index is -0.286. The average Bonchev–Trinajstić information content (AvgIpc) is 2.19. The standard InChI is InChI=1S/C12H17NO2/c1-3-7-12(14)13-10(2)15-11-8-5-4-6-9-11/h4-6,8-10H,3,7H2,1-2H3,(H,13,14). The van der Waals surface area contributed by atoms with Crippen molar-refractivity contribution in [2.75, 3.05) is 0 Å². The van der Waals surface area contributed by atoms with Gasteiger partial charge in [-0.05, 0) is 25.5 Å². The SMILES string of the molecule is CCCC(=O)NC(C)Oc1ccccc1. The van der Waals surface area contributed by atoms with Crippen LogP contribution in [0.25, 0.3) is 0 Å². The highest BCUT2D eigenvalue weighted by Crippen LogP contribution is 2.09. The van der Waals surface area contributed by atoms with Gasteiger partial charge in [-0.1, -0.05) is 25.1 Å². The summed E-state index contributed by atoms with van der Waals surface area (Å²) in [6.45, 7) is 3.79. The molecule has 82 valence electrons. The Morgan fingerprint density at radius 2 is 2.07 bits per heavy atom. The zero-order valence-electron chi connectivity index (χ0n) is 9.19. The molecule has 3 heteroatoms. The van der Waals surface area contributed by atoms with E-state index in [2.05, 4.69) is 5.32 Å². The summed E-state index contributed by atoms with van der Waals surface area (Å²) in [6, 6.07) is 9.45. The van der Waals surface area contributed by atoms with Crippen LogP contribution in [0.1, 0.15) is 26.7 Å². The fourth-order valence-electron chi connectivity index (χ4n) is 1.26. The molecule has 0 aromatic heterocycles. The van der Waals surface area contributed by atoms with Crippen LogP contribution in [0.5, 0.6) is 5.75 Å². The number of benzene rings is 1. The van der Waals surface area contributed by atoms with Gasteiger partial charge in [0.05, 0.1) is 0 Å². The highest BCUT2D eigenvalue weighted by atomic mass is 16.5. The third-order valence-corrected chi connectivity index (χ3v) is 1.90. The minimum absolute atomic E-state index is 0.0286. The third-order valence-electron chi connectivity index (χ3n) is 1.90. The second-order valence-electron chi connectivity index (χ2n) is 3.39. The lowest BCUT2D eigenvalue weighted by Gasteiger charge is -2.15.